The van der Waals surface area contributed by atoms with E-state index in [4.69, 9.17) is 0 Å². The van der Waals surface area contributed by atoms with Gasteiger partial charge in [-0.05, 0) is 41.1 Å². The van der Waals surface area contributed by atoms with Gasteiger partial charge in [0.2, 0.25) is 0 Å². The highest BCUT2D eigenvalue weighted by atomic mass is 79.9. The van der Waals surface area contributed by atoms with Crippen LogP contribution >= 0.6 is 15.9 Å². The average Bonchev–Trinajstić information content (AvgIpc) is 2.72. The molecule has 3 rings (SSSR count). The third-order valence-electron chi connectivity index (χ3n) is 2.49. The second-order valence-corrected chi connectivity index (χ2v) is 4.71. The van der Waals surface area contributed by atoms with Gasteiger partial charge in [-0.15, -0.1) is 0 Å². The standard InChI is InChI=1S/C12H9BrN4/c1-7-2-3-8(5-14-7)11-16-10-4-9(13)6-15-12(10)17-11/h2-6H,1H3,(H,15,16,17). The summed E-state index contributed by atoms with van der Waals surface area (Å²) in [6, 6.07) is 5.92. The molecule has 0 atom stereocenters. The molecular formula is C12H9BrN4. The number of nitrogens with one attached hydrogen (secondary N) is 1. The first-order valence-corrected chi connectivity index (χ1v) is 5.96. The number of hydrogen-bond acceptors (Lipinski definition) is 3. The molecular weight excluding hydrogens is 280 g/mol. The number of aromatic amines is 1. The summed E-state index contributed by atoms with van der Waals surface area (Å²) in [6.07, 6.45) is 3.54. The molecule has 1 N–H and O–H groups in total. The minimum absolute atomic E-state index is 0.712. The minimum Gasteiger partial charge on any atom is -0.336 e. The summed E-state index contributed by atoms with van der Waals surface area (Å²) in [5, 5.41) is 0. The molecule has 5 heteroatoms. The highest BCUT2D eigenvalue weighted by Crippen LogP contribution is 2.20. The molecule has 3 aromatic heterocycles. The second-order valence-electron chi connectivity index (χ2n) is 3.80. The Kier molecular flexibility index (Phi) is 2.40. The van der Waals surface area contributed by atoms with E-state index in [1.165, 1.54) is 0 Å². The van der Waals surface area contributed by atoms with E-state index in [0.29, 0.717) is 5.65 Å². The lowest BCUT2D eigenvalue weighted by molar-refractivity contribution is 1.19. The fraction of sp³-hybridized carbons (Fsp3) is 0.0833. The molecule has 0 unspecified atom stereocenters. The Morgan fingerprint density at radius 2 is 2.06 bits per heavy atom. The van der Waals surface area contributed by atoms with Gasteiger partial charge in [-0.3, -0.25) is 4.98 Å². The summed E-state index contributed by atoms with van der Waals surface area (Å²) < 4.78 is 0.933. The summed E-state index contributed by atoms with van der Waals surface area (Å²) >= 11 is 3.38. The number of pyridine rings is 2. The maximum atomic E-state index is 4.43. The first-order valence-electron chi connectivity index (χ1n) is 5.17. The number of imidazole rings is 1. The molecule has 0 fully saturated rings. The van der Waals surface area contributed by atoms with Crippen molar-refractivity contribution in [2.45, 2.75) is 6.92 Å². The molecule has 0 amide bonds. The van der Waals surface area contributed by atoms with Crippen molar-refractivity contribution >= 4 is 27.1 Å². The Labute approximate surface area is 106 Å². The number of nitrogens with zero attached hydrogens (tertiary/aromatic N) is 3. The molecule has 17 heavy (non-hydrogen) atoms. The third-order valence-corrected chi connectivity index (χ3v) is 2.92. The predicted octanol–water partition coefficient (Wildman–Crippen LogP) is 3.09. The summed E-state index contributed by atoms with van der Waals surface area (Å²) in [7, 11) is 0. The van der Waals surface area contributed by atoms with Gasteiger partial charge in [-0.2, -0.15) is 0 Å². The predicted molar refractivity (Wildman–Crippen MR) is 69.6 cm³/mol. The van der Waals surface area contributed by atoms with Crippen molar-refractivity contribution in [2.75, 3.05) is 0 Å². The summed E-state index contributed by atoms with van der Waals surface area (Å²) in [4.78, 5) is 16.1. The summed E-state index contributed by atoms with van der Waals surface area (Å²) in [6.45, 7) is 1.96. The number of halogens is 1. The van der Waals surface area contributed by atoms with Gasteiger partial charge < -0.3 is 4.98 Å². The van der Waals surface area contributed by atoms with Gasteiger partial charge >= 0.3 is 0 Å². The van der Waals surface area contributed by atoms with Gasteiger partial charge in [-0.25, -0.2) is 9.97 Å². The highest BCUT2D eigenvalue weighted by Gasteiger charge is 2.06. The van der Waals surface area contributed by atoms with E-state index in [1.54, 1.807) is 6.20 Å². The number of aryl methyl sites for hydroxylation is 1. The molecule has 0 saturated heterocycles. The smallest absolute Gasteiger partial charge is 0.178 e. The van der Waals surface area contributed by atoms with Gasteiger partial charge in [-0.1, -0.05) is 0 Å². The zero-order valence-corrected chi connectivity index (χ0v) is 10.7. The van der Waals surface area contributed by atoms with E-state index in [1.807, 2.05) is 31.3 Å². The molecule has 0 aliphatic heterocycles. The van der Waals surface area contributed by atoms with Crippen LogP contribution in [0.5, 0.6) is 0 Å². The molecule has 84 valence electrons. The molecule has 3 aromatic rings. The van der Waals surface area contributed by atoms with E-state index in [0.717, 1.165) is 27.1 Å². The van der Waals surface area contributed by atoms with E-state index in [2.05, 4.69) is 35.9 Å². The van der Waals surface area contributed by atoms with Gasteiger partial charge in [0, 0.05) is 28.1 Å². The fourth-order valence-corrected chi connectivity index (χ4v) is 1.95. The van der Waals surface area contributed by atoms with Gasteiger partial charge in [0.25, 0.3) is 0 Å². The molecule has 4 nitrogen and oxygen atoms in total. The maximum Gasteiger partial charge on any atom is 0.178 e. The van der Waals surface area contributed by atoms with Crippen LogP contribution in [0.4, 0.5) is 0 Å². The Morgan fingerprint density at radius 1 is 1.18 bits per heavy atom. The zero-order valence-electron chi connectivity index (χ0n) is 9.11. The van der Waals surface area contributed by atoms with Crippen molar-refractivity contribution in [1.29, 1.82) is 0 Å². The average molecular weight is 289 g/mol. The Bertz CT molecular complexity index is 673. The van der Waals surface area contributed by atoms with Crippen molar-refractivity contribution < 1.29 is 0 Å². The number of aromatic nitrogens is 4. The summed E-state index contributed by atoms with van der Waals surface area (Å²) in [5.74, 6) is 0.790. The zero-order chi connectivity index (χ0) is 11.8. The maximum absolute atomic E-state index is 4.43. The lowest BCUT2D eigenvalue weighted by Gasteiger charge is -1.95. The Balaban J connectivity index is 2.14. The summed E-state index contributed by atoms with van der Waals surface area (Å²) in [5.41, 5.74) is 3.58. The highest BCUT2D eigenvalue weighted by molar-refractivity contribution is 9.10. The number of rotatable bonds is 1. The molecule has 0 bridgehead atoms. The van der Waals surface area contributed by atoms with Crippen molar-refractivity contribution in [2.24, 2.45) is 0 Å². The molecule has 0 radical (unpaired) electrons. The van der Waals surface area contributed by atoms with Gasteiger partial charge in [0.1, 0.15) is 5.82 Å². The lowest BCUT2D eigenvalue weighted by atomic mass is 10.2. The first-order chi connectivity index (χ1) is 8.22. The van der Waals surface area contributed by atoms with E-state index in [-0.39, 0.29) is 0 Å². The molecule has 3 heterocycles. The quantitative estimate of drug-likeness (QED) is 0.749. The number of H-pyrrole nitrogens is 1. The van der Waals surface area contributed by atoms with E-state index in [9.17, 15) is 0 Å². The van der Waals surface area contributed by atoms with Crippen LogP contribution in [0.15, 0.2) is 35.1 Å². The first kappa shape index (κ1) is 10.4. The SMILES string of the molecule is Cc1ccc(-c2nc3ncc(Br)cc3[nH]2)cn1. The minimum atomic E-state index is 0.712. The van der Waals surface area contributed by atoms with Crippen LogP contribution in [0.3, 0.4) is 0 Å². The largest absolute Gasteiger partial charge is 0.336 e. The topological polar surface area (TPSA) is 54.5 Å². The van der Waals surface area contributed by atoms with Gasteiger partial charge in [0.15, 0.2) is 5.65 Å². The van der Waals surface area contributed by atoms with E-state index >= 15 is 0 Å². The molecule has 0 aliphatic carbocycles. The van der Waals surface area contributed by atoms with Crippen LogP contribution in [0.1, 0.15) is 5.69 Å². The van der Waals surface area contributed by atoms with Crippen LogP contribution in [0, 0.1) is 6.92 Å². The monoisotopic (exact) mass is 288 g/mol. The Hall–Kier alpha value is -1.75. The van der Waals surface area contributed by atoms with E-state index < -0.39 is 0 Å². The van der Waals surface area contributed by atoms with Crippen molar-refractivity contribution in [3.63, 3.8) is 0 Å². The fourth-order valence-electron chi connectivity index (χ4n) is 1.62. The van der Waals surface area contributed by atoms with Crippen LogP contribution in [0.25, 0.3) is 22.6 Å². The van der Waals surface area contributed by atoms with Crippen LogP contribution in [0.2, 0.25) is 0 Å². The van der Waals surface area contributed by atoms with Crippen molar-refractivity contribution in [1.82, 2.24) is 19.9 Å². The number of fused-ring (bicyclic) bond motifs is 1. The van der Waals surface area contributed by atoms with Gasteiger partial charge in [0.05, 0.1) is 5.52 Å². The second kappa shape index (κ2) is 3.92. The van der Waals surface area contributed by atoms with Crippen molar-refractivity contribution in [3.8, 4) is 11.4 Å². The molecule has 0 spiro atoms. The molecule has 0 aromatic carbocycles. The lowest BCUT2D eigenvalue weighted by Crippen LogP contribution is -1.84. The normalized spacial score (nSPS) is 10.9. The van der Waals surface area contributed by atoms with Crippen LogP contribution < -0.4 is 0 Å². The van der Waals surface area contributed by atoms with Crippen LogP contribution in [-0.2, 0) is 0 Å². The Morgan fingerprint density at radius 3 is 2.82 bits per heavy atom. The third kappa shape index (κ3) is 1.93. The van der Waals surface area contributed by atoms with Crippen LogP contribution in [-0.4, -0.2) is 19.9 Å². The van der Waals surface area contributed by atoms with Crippen molar-refractivity contribution in [3.05, 3.63) is 40.8 Å². The molecule has 0 saturated carbocycles. The number of hydrogen-bond donors (Lipinski definition) is 1. The molecule has 0 aliphatic rings.